The van der Waals surface area contributed by atoms with E-state index in [0.29, 0.717) is 6.42 Å². The SMILES string of the molecule is CCCCC[C@H](O)/C=C/[C@H]1[C@H](O)CC(=O)[C@@H]1CC(=O)OCc1ccccc1. The molecule has 1 aromatic rings. The van der Waals surface area contributed by atoms with Crippen LogP contribution in [0.2, 0.25) is 0 Å². The summed E-state index contributed by atoms with van der Waals surface area (Å²) in [5, 5.41) is 20.2. The first-order chi connectivity index (χ1) is 13.0. The van der Waals surface area contributed by atoms with Gasteiger partial charge in [0, 0.05) is 18.3 Å². The number of ether oxygens (including phenoxy) is 1. The van der Waals surface area contributed by atoms with Crippen LogP contribution in [0.25, 0.3) is 0 Å². The molecule has 1 aromatic carbocycles. The monoisotopic (exact) mass is 374 g/mol. The van der Waals surface area contributed by atoms with Crippen molar-refractivity contribution in [2.24, 2.45) is 11.8 Å². The quantitative estimate of drug-likeness (QED) is 0.373. The van der Waals surface area contributed by atoms with E-state index in [1.807, 2.05) is 30.3 Å². The van der Waals surface area contributed by atoms with Crippen LogP contribution in [-0.2, 0) is 20.9 Å². The zero-order valence-corrected chi connectivity index (χ0v) is 15.9. The van der Waals surface area contributed by atoms with Crippen LogP contribution < -0.4 is 0 Å². The summed E-state index contributed by atoms with van der Waals surface area (Å²) in [6, 6.07) is 9.35. The number of ketones is 1. The van der Waals surface area contributed by atoms with Crippen molar-refractivity contribution in [1.82, 2.24) is 0 Å². The Bertz CT molecular complexity index is 625. The molecular formula is C22H30O5. The third-order valence-corrected chi connectivity index (χ3v) is 5.02. The van der Waals surface area contributed by atoms with Gasteiger partial charge in [0.15, 0.2) is 0 Å². The molecule has 1 aliphatic rings. The lowest BCUT2D eigenvalue weighted by Gasteiger charge is -2.17. The van der Waals surface area contributed by atoms with E-state index in [9.17, 15) is 19.8 Å². The van der Waals surface area contributed by atoms with Gasteiger partial charge in [0.05, 0.1) is 18.6 Å². The van der Waals surface area contributed by atoms with Gasteiger partial charge in [0.25, 0.3) is 0 Å². The van der Waals surface area contributed by atoms with Crippen LogP contribution in [0, 0.1) is 11.8 Å². The summed E-state index contributed by atoms with van der Waals surface area (Å²) in [6.07, 6.45) is 5.65. The van der Waals surface area contributed by atoms with Crippen molar-refractivity contribution in [2.75, 3.05) is 0 Å². The molecule has 5 nitrogen and oxygen atoms in total. The molecule has 0 saturated heterocycles. The number of carbonyl (C=O) groups excluding carboxylic acids is 2. The van der Waals surface area contributed by atoms with Crippen LogP contribution in [-0.4, -0.2) is 34.2 Å². The fourth-order valence-corrected chi connectivity index (χ4v) is 3.42. The van der Waals surface area contributed by atoms with E-state index in [4.69, 9.17) is 4.74 Å². The predicted octanol–water partition coefficient (Wildman–Crippen LogP) is 3.18. The van der Waals surface area contributed by atoms with E-state index >= 15 is 0 Å². The molecule has 0 heterocycles. The molecule has 0 radical (unpaired) electrons. The average Bonchev–Trinajstić information content (AvgIpc) is 2.92. The van der Waals surface area contributed by atoms with Gasteiger partial charge in [-0.2, -0.15) is 0 Å². The normalized spacial score (nSPS) is 23.7. The molecule has 2 rings (SSSR count). The molecule has 4 atom stereocenters. The second-order valence-corrected chi connectivity index (χ2v) is 7.22. The van der Waals surface area contributed by atoms with Crippen LogP contribution in [0.1, 0.15) is 51.0 Å². The second kappa shape index (κ2) is 11.0. The molecule has 0 unspecified atom stereocenters. The van der Waals surface area contributed by atoms with Crippen LogP contribution >= 0.6 is 0 Å². The largest absolute Gasteiger partial charge is 0.461 e. The molecule has 27 heavy (non-hydrogen) atoms. The Morgan fingerprint density at radius 3 is 2.74 bits per heavy atom. The van der Waals surface area contributed by atoms with Gasteiger partial charge in [0.2, 0.25) is 0 Å². The highest BCUT2D eigenvalue weighted by Crippen LogP contribution is 2.33. The number of aliphatic hydroxyl groups is 2. The molecule has 5 heteroatoms. The molecular weight excluding hydrogens is 344 g/mol. The number of unbranched alkanes of at least 4 members (excludes halogenated alkanes) is 2. The number of hydrogen-bond acceptors (Lipinski definition) is 5. The zero-order chi connectivity index (χ0) is 19.6. The Hall–Kier alpha value is -1.98. The molecule has 148 valence electrons. The molecule has 0 spiro atoms. The summed E-state index contributed by atoms with van der Waals surface area (Å²) in [7, 11) is 0. The molecule has 1 saturated carbocycles. The Kier molecular flexibility index (Phi) is 8.69. The molecule has 0 aliphatic heterocycles. The third kappa shape index (κ3) is 6.92. The zero-order valence-electron chi connectivity index (χ0n) is 15.9. The lowest BCUT2D eigenvalue weighted by Crippen LogP contribution is -2.23. The van der Waals surface area contributed by atoms with Crippen molar-refractivity contribution in [2.45, 2.75) is 64.3 Å². The number of benzene rings is 1. The summed E-state index contributed by atoms with van der Waals surface area (Å²) < 4.78 is 5.27. The summed E-state index contributed by atoms with van der Waals surface area (Å²) in [6.45, 7) is 2.27. The Balaban J connectivity index is 1.88. The maximum atomic E-state index is 12.2. The number of aliphatic hydroxyl groups excluding tert-OH is 2. The van der Waals surface area contributed by atoms with Gasteiger partial charge >= 0.3 is 5.97 Å². The van der Waals surface area contributed by atoms with Gasteiger partial charge in [-0.15, -0.1) is 0 Å². The smallest absolute Gasteiger partial charge is 0.306 e. The van der Waals surface area contributed by atoms with Crippen LogP contribution in [0.4, 0.5) is 0 Å². The predicted molar refractivity (Wildman–Crippen MR) is 103 cm³/mol. The topological polar surface area (TPSA) is 83.8 Å². The molecule has 2 N–H and O–H groups in total. The summed E-state index contributed by atoms with van der Waals surface area (Å²) in [5.74, 6) is -1.63. The van der Waals surface area contributed by atoms with Crippen LogP contribution in [0.5, 0.6) is 0 Å². The summed E-state index contributed by atoms with van der Waals surface area (Å²) in [4.78, 5) is 24.3. The van der Waals surface area contributed by atoms with Gasteiger partial charge in [-0.1, -0.05) is 68.7 Å². The molecule has 0 bridgehead atoms. The van der Waals surface area contributed by atoms with E-state index in [0.717, 1.165) is 24.8 Å². The lowest BCUT2D eigenvalue weighted by atomic mass is 9.90. The Morgan fingerprint density at radius 1 is 1.30 bits per heavy atom. The Morgan fingerprint density at radius 2 is 2.04 bits per heavy atom. The number of esters is 1. The van der Waals surface area contributed by atoms with E-state index in [-0.39, 0.29) is 25.2 Å². The third-order valence-electron chi connectivity index (χ3n) is 5.02. The highest BCUT2D eigenvalue weighted by Gasteiger charge is 2.41. The van der Waals surface area contributed by atoms with Crippen molar-refractivity contribution in [1.29, 1.82) is 0 Å². The summed E-state index contributed by atoms with van der Waals surface area (Å²) >= 11 is 0. The number of carbonyl (C=O) groups is 2. The second-order valence-electron chi connectivity index (χ2n) is 7.22. The van der Waals surface area contributed by atoms with Crippen molar-refractivity contribution in [3.05, 3.63) is 48.0 Å². The van der Waals surface area contributed by atoms with E-state index in [1.54, 1.807) is 12.2 Å². The van der Waals surface area contributed by atoms with Gasteiger partial charge in [-0.05, 0) is 12.0 Å². The van der Waals surface area contributed by atoms with Gasteiger partial charge in [0.1, 0.15) is 12.4 Å². The molecule has 0 amide bonds. The van der Waals surface area contributed by atoms with Gasteiger partial charge in [-0.3, -0.25) is 9.59 Å². The highest BCUT2D eigenvalue weighted by atomic mass is 16.5. The van der Waals surface area contributed by atoms with E-state index in [2.05, 4.69) is 6.92 Å². The molecule has 1 aliphatic carbocycles. The van der Waals surface area contributed by atoms with Crippen molar-refractivity contribution in [3.63, 3.8) is 0 Å². The number of rotatable bonds is 10. The molecule has 1 fully saturated rings. The standard InChI is InChI=1S/C22H30O5/c1-2-3-5-10-17(23)11-12-18-19(21(25)14-20(18)24)13-22(26)27-15-16-8-6-4-7-9-16/h4,6-9,11-12,17-20,23-24H,2-3,5,10,13-15H2,1H3/b12-11+/t17-,18+,19+,20+/m0/s1. The van der Waals surface area contributed by atoms with Crippen LogP contribution in [0.15, 0.2) is 42.5 Å². The lowest BCUT2D eigenvalue weighted by molar-refractivity contribution is -0.147. The first-order valence-corrected chi connectivity index (χ1v) is 9.78. The van der Waals surface area contributed by atoms with Crippen molar-refractivity contribution < 1.29 is 24.5 Å². The van der Waals surface area contributed by atoms with Crippen LogP contribution in [0.3, 0.4) is 0 Å². The minimum absolute atomic E-state index is 0.0393. The first-order valence-electron chi connectivity index (χ1n) is 9.78. The maximum absolute atomic E-state index is 12.2. The number of hydrogen-bond donors (Lipinski definition) is 2. The number of Topliss-reactive ketones (excluding diaryl/α,β-unsaturated/α-hetero) is 1. The average molecular weight is 374 g/mol. The van der Waals surface area contributed by atoms with Crippen molar-refractivity contribution >= 4 is 11.8 Å². The minimum atomic E-state index is -0.816. The fraction of sp³-hybridized carbons (Fsp3) is 0.545. The van der Waals surface area contributed by atoms with E-state index in [1.165, 1.54) is 0 Å². The fourth-order valence-electron chi connectivity index (χ4n) is 3.42. The molecule has 0 aromatic heterocycles. The highest BCUT2D eigenvalue weighted by molar-refractivity contribution is 5.88. The Labute approximate surface area is 161 Å². The van der Waals surface area contributed by atoms with Gasteiger partial charge < -0.3 is 14.9 Å². The van der Waals surface area contributed by atoms with Crippen molar-refractivity contribution in [3.8, 4) is 0 Å². The van der Waals surface area contributed by atoms with Gasteiger partial charge in [-0.25, -0.2) is 0 Å². The maximum Gasteiger partial charge on any atom is 0.306 e. The van der Waals surface area contributed by atoms with E-state index < -0.39 is 30.0 Å². The minimum Gasteiger partial charge on any atom is -0.461 e. The first kappa shape index (κ1) is 21.3. The summed E-state index contributed by atoms with van der Waals surface area (Å²) in [5.41, 5.74) is 0.885.